The summed E-state index contributed by atoms with van der Waals surface area (Å²) in [6, 6.07) is 16.9. The van der Waals surface area contributed by atoms with Crippen molar-refractivity contribution in [3.63, 3.8) is 0 Å². The van der Waals surface area contributed by atoms with Crippen LogP contribution in [-0.4, -0.2) is 37.2 Å². The summed E-state index contributed by atoms with van der Waals surface area (Å²) >= 11 is 0. The molecule has 2 N–H and O–H groups in total. The van der Waals surface area contributed by atoms with Gasteiger partial charge in [-0.1, -0.05) is 36.4 Å². The molecule has 2 aliphatic rings. The van der Waals surface area contributed by atoms with Crippen molar-refractivity contribution in [2.24, 2.45) is 0 Å². The second-order valence-electron chi connectivity index (χ2n) is 7.39. The van der Waals surface area contributed by atoms with Crippen LogP contribution in [0.1, 0.15) is 28.8 Å². The Hall–Kier alpha value is -2.70. The number of benzene rings is 2. The zero-order chi connectivity index (χ0) is 18.9. The highest BCUT2D eigenvalue weighted by molar-refractivity contribution is 5.92. The van der Waals surface area contributed by atoms with Gasteiger partial charge in [0.1, 0.15) is 12.2 Å². The molecule has 1 unspecified atom stereocenters. The minimum Gasteiger partial charge on any atom is -0.545 e. The first-order valence-corrected chi connectivity index (χ1v) is 9.30. The molecule has 1 spiro atoms. The van der Waals surface area contributed by atoms with Crippen molar-refractivity contribution < 1.29 is 14.7 Å². The van der Waals surface area contributed by atoms with Crippen molar-refractivity contribution in [3.8, 4) is 0 Å². The standard InChI is InChI=1S/C21H23N3O3/c25-19(26)17-6-4-5-16(13-17)14-24(18-7-2-1-3-8-18)15-23-20(27)21(24)9-11-22-12-10-21/h1-8,13,22H,9-12,14-15H2,(H-,23,25,26,27). The fraction of sp³-hybridized carbons (Fsp3) is 0.333. The number of piperidine rings is 1. The zero-order valence-corrected chi connectivity index (χ0v) is 15.1. The summed E-state index contributed by atoms with van der Waals surface area (Å²) in [6.45, 7) is 2.63. The molecular formula is C21H23N3O3. The number of rotatable bonds is 4. The Labute approximate surface area is 158 Å². The summed E-state index contributed by atoms with van der Waals surface area (Å²) in [5.41, 5.74) is 1.56. The molecule has 0 bridgehead atoms. The number of aromatic carboxylic acids is 1. The molecular weight excluding hydrogens is 342 g/mol. The van der Waals surface area contributed by atoms with Crippen LogP contribution in [0.3, 0.4) is 0 Å². The summed E-state index contributed by atoms with van der Waals surface area (Å²) in [6.07, 6.45) is 1.49. The maximum atomic E-state index is 13.0. The van der Waals surface area contributed by atoms with Gasteiger partial charge in [0.15, 0.2) is 12.2 Å². The van der Waals surface area contributed by atoms with Crippen LogP contribution >= 0.6 is 0 Å². The second-order valence-corrected chi connectivity index (χ2v) is 7.39. The maximum Gasteiger partial charge on any atom is 0.286 e. The van der Waals surface area contributed by atoms with Gasteiger partial charge in [-0.3, -0.25) is 9.28 Å². The Morgan fingerprint density at radius 3 is 2.52 bits per heavy atom. The molecule has 2 aliphatic heterocycles. The Bertz CT molecular complexity index is 862. The molecule has 0 aromatic heterocycles. The second kappa shape index (κ2) is 6.79. The van der Waals surface area contributed by atoms with Gasteiger partial charge in [-0.25, -0.2) is 0 Å². The molecule has 4 rings (SSSR count). The summed E-state index contributed by atoms with van der Waals surface area (Å²) in [4.78, 5) is 24.3. The quantitative estimate of drug-likeness (QED) is 0.784. The Morgan fingerprint density at radius 2 is 1.81 bits per heavy atom. The minimum absolute atomic E-state index is 0.0870. The molecule has 6 nitrogen and oxygen atoms in total. The number of nitrogens with one attached hydrogen (secondary N) is 2. The molecule has 0 radical (unpaired) electrons. The average molecular weight is 365 g/mol. The molecule has 2 aromatic rings. The first kappa shape index (κ1) is 17.7. The van der Waals surface area contributed by atoms with Crippen LogP contribution in [0.4, 0.5) is 5.69 Å². The number of hydrogen-bond donors (Lipinski definition) is 2. The number of carbonyl (C=O) groups excluding carboxylic acids is 2. The third-order valence-electron chi connectivity index (χ3n) is 6.05. The van der Waals surface area contributed by atoms with E-state index in [9.17, 15) is 14.7 Å². The predicted octanol–water partition coefficient (Wildman–Crippen LogP) is 0.767. The van der Waals surface area contributed by atoms with Crippen LogP contribution in [0.15, 0.2) is 54.6 Å². The molecule has 1 atom stereocenters. The van der Waals surface area contributed by atoms with E-state index in [2.05, 4.69) is 22.8 Å². The number of carbonyl (C=O) groups is 2. The van der Waals surface area contributed by atoms with Crippen molar-refractivity contribution in [1.82, 2.24) is 15.1 Å². The molecule has 2 heterocycles. The summed E-state index contributed by atoms with van der Waals surface area (Å²) < 4.78 is 0.463. The summed E-state index contributed by atoms with van der Waals surface area (Å²) in [5.74, 6) is -1.10. The first-order valence-electron chi connectivity index (χ1n) is 9.30. The van der Waals surface area contributed by atoms with Crippen molar-refractivity contribution in [2.45, 2.75) is 24.9 Å². The lowest BCUT2D eigenvalue weighted by molar-refractivity contribution is -0.255. The lowest BCUT2D eigenvalue weighted by atomic mass is 9.83. The van der Waals surface area contributed by atoms with E-state index in [1.54, 1.807) is 18.2 Å². The number of carboxylic acids is 1. The van der Waals surface area contributed by atoms with Gasteiger partial charge in [0, 0.05) is 31.5 Å². The van der Waals surface area contributed by atoms with Crippen LogP contribution in [-0.2, 0) is 11.3 Å². The number of nitrogens with zero attached hydrogens (tertiary/aromatic N) is 1. The Balaban J connectivity index is 1.84. The number of quaternary nitrogens is 1. The van der Waals surface area contributed by atoms with Crippen molar-refractivity contribution >= 4 is 17.6 Å². The highest BCUT2D eigenvalue weighted by Crippen LogP contribution is 2.43. The van der Waals surface area contributed by atoms with E-state index in [1.165, 1.54) is 0 Å². The van der Waals surface area contributed by atoms with Gasteiger partial charge in [-0.2, -0.15) is 0 Å². The van der Waals surface area contributed by atoms with Gasteiger partial charge in [-0.15, -0.1) is 0 Å². The highest BCUT2D eigenvalue weighted by Gasteiger charge is 2.62. The predicted molar refractivity (Wildman–Crippen MR) is 101 cm³/mol. The number of amides is 1. The number of carboxylic acid groups (broad SMARTS) is 1. The summed E-state index contributed by atoms with van der Waals surface area (Å²) in [5, 5.41) is 17.8. The highest BCUT2D eigenvalue weighted by atomic mass is 16.4. The fourth-order valence-electron chi connectivity index (χ4n) is 4.67. The van der Waals surface area contributed by atoms with Gasteiger partial charge in [-0.05, 0) is 23.8 Å². The topological polar surface area (TPSA) is 81.3 Å². The van der Waals surface area contributed by atoms with E-state index in [0.29, 0.717) is 17.7 Å². The fourth-order valence-corrected chi connectivity index (χ4v) is 4.67. The third kappa shape index (κ3) is 2.81. The Kier molecular flexibility index (Phi) is 4.45. The van der Waals surface area contributed by atoms with E-state index < -0.39 is 11.5 Å². The van der Waals surface area contributed by atoms with Crippen LogP contribution in [0.2, 0.25) is 0 Å². The monoisotopic (exact) mass is 365 g/mol. The van der Waals surface area contributed by atoms with E-state index in [1.807, 2.05) is 24.3 Å². The van der Waals surface area contributed by atoms with E-state index in [0.717, 1.165) is 37.2 Å². The molecule has 0 saturated carbocycles. The minimum atomic E-state index is -1.18. The smallest absolute Gasteiger partial charge is 0.286 e. The van der Waals surface area contributed by atoms with Gasteiger partial charge >= 0.3 is 0 Å². The van der Waals surface area contributed by atoms with Crippen molar-refractivity contribution in [1.29, 1.82) is 0 Å². The van der Waals surface area contributed by atoms with E-state index in [4.69, 9.17) is 0 Å². The maximum absolute atomic E-state index is 13.0. The number of para-hydroxylation sites is 1. The van der Waals surface area contributed by atoms with E-state index >= 15 is 0 Å². The van der Waals surface area contributed by atoms with Crippen LogP contribution in [0.25, 0.3) is 0 Å². The lowest BCUT2D eigenvalue weighted by Gasteiger charge is -2.47. The normalized spacial score (nSPS) is 23.9. The molecule has 0 aliphatic carbocycles. The van der Waals surface area contributed by atoms with Crippen molar-refractivity contribution in [3.05, 3.63) is 65.7 Å². The van der Waals surface area contributed by atoms with Crippen LogP contribution < -0.4 is 20.2 Å². The summed E-state index contributed by atoms with van der Waals surface area (Å²) in [7, 11) is 0. The lowest BCUT2D eigenvalue weighted by Crippen LogP contribution is -2.67. The van der Waals surface area contributed by atoms with Gasteiger partial charge in [0.05, 0.1) is 5.97 Å². The third-order valence-corrected chi connectivity index (χ3v) is 6.05. The van der Waals surface area contributed by atoms with Crippen molar-refractivity contribution in [2.75, 3.05) is 19.8 Å². The molecule has 140 valence electrons. The van der Waals surface area contributed by atoms with Crippen LogP contribution in [0.5, 0.6) is 0 Å². The van der Waals surface area contributed by atoms with E-state index in [-0.39, 0.29) is 11.5 Å². The van der Waals surface area contributed by atoms with Crippen LogP contribution in [0, 0.1) is 0 Å². The van der Waals surface area contributed by atoms with Gasteiger partial charge in [0.25, 0.3) is 5.91 Å². The molecule has 27 heavy (non-hydrogen) atoms. The SMILES string of the molecule is O=C([O-])c1cccc(C[N+]2(c3ccccc3)CNC(=O)C23CCNCC3)c1. The van der Waals surface area contributed by atoms with Gasteiger partial charge < -0.3 is 20.5 Å². The largest absolute Gasteiger partial charge is 0.545 e. The molecule has 2 saturated heterocycles. The average Bonchev–Trinajstić information content (AvgIpc) is 2.96. The Morgan fingerprint density at radius 1 is 1.07 bits per heavy atom. The molecule has 1 amide bonds. The molecule has 2 aromatic carbocycles. The van der Waals surface area contributed by atoms with Gasteiger partial charge in [0.2, 0.25) is 0 Å². The molecule has 2 fully saturated rings. The number of hydrogen-bond acceptors (Lipinski definition) is 4. The molecule has 6 heteroatoms. The zero-order valence-electron chi connectivity index (χ0n) is 15.1. The first-order chi connectivity index (χ1) is 13.1.